The number of anilines is 2. The average molecular weight is 385 g/mol. The van der Waals surface area contributed by atoms with E-state index in [0.29, 0.717) is 11.9 Å². The third-order valence-electron chi connectivity index (χ3n) is 6.90. The number of hydrogen-bond donors (Lipinski definition) is 2. The first kappa shape index (κ1) is 18.9. The van der Waals surface area contributed by atoms with Crippen LogP contribution in [-0.2, 0) is 7.05 Å². The van der Waals surface area contributed by atoms with E-state index in [-0.39, 0.29) is 34.0 Å². The predicted octanol–water partition coefficient (Wildman–Crippen LogP) is 2.51. The van der Waals surface area contributed by atoms with Crippen LogP contribution in [0.5, 0.6) is 0 Å². The third kappa shape index (κ3) is 2.89. The lowest BCUT2D eigenvalue weighted by molar-refractivity contribution is 0.185. The van der Waals surface area contributed by atoms with Crippen LogP contribution in [0.1, 0.15) is 32.6 Å². The molecule has 0 unspecified atom stereocenters. The van der Waals surface area contributed by atoms with Gasteiger partial charge < -0.3 is 16.4 Å². The molecule has 0 amide bonds. The van der Waals surface area contributed by atoms with E-state index < -0.39 is 5.82 Å². The number of nitrogens with two attached hydrogens (primary N) is 2. The van der Waals surface area contributed by atoms with Gasteiger partial charge in [0.2, 0.25) is 5.95 Å². The number of halogens is 1. The van der Waals surface area contributed by atoms with E-state index in [2.05, 4.69) is 16.8 Å². The smallest absolute Gasteiger partial charge is 0.264 e. The lowest BCUT2D eigenvalue weighted by Crippen LogP contribution is -2.49. The number of rotatable bonds is 2. The van der Waals surface area contributed by atoms with Gasteiger partial charge in [-0.1, -0.05) is 25.1 Å². The molecule has 1 aliphatic heterocycles. The van der Waals surface area contributed by atoms with E-state index in [4.69, 9.17) is 11.5 Å². The molecule has 1 spiro atoms. The number of nitrogen functional groups attached to an aromatic ring is 1. The summed E-state index contributed by atoms with van der Waals surface area (Å²) in [6.45, 7) is 3.82. The number of aromatic nitrogens is 2. The molecule has 4 N–H and O–H groups in total. The molecule has 1 saturated carbocycles. The highest BCUT2D eigenvalue weighted by atomic mass is 19.1. The molecule has 2 aliphatic rings. The zero-order valence-corrected chi connectivity index (χ0v) is 16.5. The van der Waals surface area contributed by atoms with Crippen molar-refractivity contribution in [1.82, 2.24) is 9.55 Å². The Labute approximate surface area is 164 Å². The SMILES string of the molecule is C[C@@H]1CCC2(CCN(c3nc(N)c(-c4ccccc4F)c(=O)n3C)CC2)[C@@H]1N. The highest BCUT2D eigenvalue weighted by Gasteiger charge is 2.46. The highest BCUT2D eigenvalue weighted by molar-refractivity contribution is 5.74. The van der Waals surface area contributed by atoms with Crippen LogP contribution in [0.15, 0.2) is 29.1 Å². The van der Waals surface area contributed by atoms with Gasteiger partial charge in [-0.25, -0.2) is 4.39 Å². The maximum absolute atomic E-state index is 14.2. The van der Waals surface area contributed by atoms with Crippen LogP contribution in [0.3, 0.4) is 0 Å². The minimum absolute atomic E-state index is 0.0645. The maximum atomic E-state index is 14.2. The van der Waals surface area contributed by atoms with E-state index in [9.17, 15) is 9.18 Å². The molecule has 1 aromatic heterocycles. The molecule has 28 heavy (non-hydrogen) atoms. The fourth-order valence-electron chi connectivity index (χ4n) is 5.01. The summed E-state index contributed by atoms with van der Waals surface area (Å²) >= 11 is 0. The van der Waals surface area contributed by atoms with Crippen LogP contribution in [-0.4, -0.2) is 28.7 Å². The van der Waals surface area contributed by atoms with Crippen molar-refractivity contribution in [1.29, 1.82) is 0 Å². The van der Waals surface area contributed by atoms with Crippen molar-refractivity contribution in [2.24, 2.45) is 24.1 Å². The molecule has 1 aromatic carbocycles. The lowest BCUT2D eigenvalue weighted by Gasteiger charge is -2.43. The Hall–Kier alpha value is -2.41. The van der Waals surface area contributed by atoms with Crippen molar-refractivity contribution in [2.45, 2.75) is 38.6 Å². The topological polar surface area (TPSA) is 90.2 Å². The summed E-state index contributed by atoms with van der Waals surface area (Å²) in [5.74, 6) is 0.682. The summed E-state index contributed by atoms with van der Waals surface area (Å²) in [4.78, 5) is 19.6. The summed E-state index contributed by atoms with van der Waals surface area (Å²) in [7, 11) is 1.67. The van der Waals surface area contributed by atoms with Gasteiger partial charge in [-0.2, -0.15) is 4.98 Å². The number of nitrogens with zero attached hydrogens (tertiary/aromatic N) is 3. The Bertz CT molecular complexity index is 948. The summed E-state index contributed by atoms with van der Waals surface area (Å²) in [5.41, 5.74) is 12.8. The zero-order valence-electron chi connectivity index (χ0n) is 16.5. The molecule has 7 heteroatoms. The van der Waals surface area contributed by atoms with Crippen molar-refractivity contribution in [3.8, 4) is 11.1 Å². The maximum Gasteiger partial charge on any atom is 0.264 e. The van der Waals surface area contributed by atoms with E-state index in [1.165, 1.54) is 23.5 Å². The molecular weight excluding hydrogens is 357 g/mol. The molecule has 1 aliphatic carbocycles. The number of piperidine rings is 1. The summed E-state index contributed by atoms with van der Waals surface area (Å²) in [5, 5.41) is 0. The van der Waals surface area contributed by atoms with Crippen LogP contribution >= 0.6 is 0 Å². The lowest BCUT2D eigenvalue weighted by atomic mass is 9.73. The molecule has 0 radical (unpaired) electrons. The van der Waals surface area contributed by atoms with Crippen LogP contribution in [0, 0.1) is 17.2 Å². The van der Waals surface area contributed by atoms with Crippen LogP contribution < -0.4 is 21.9 Å². The molecule has 2 heterocycles. The fraction of sp³-hybridized carbons (Fsp3) is 0.524. The largest absolute Gasteiger partial charge is 0.383 e. The monoisotopic (exact) mass is 385 g/mol. The molecule has 2 atom stereocenters. The molecule has 0 bridgehead atoms. The Morgan fingerprint density at radius 3 is 2.50 bits per heavy atom. The Morgan fingerprint density at radius 2 is 1.89 bits per heavy atom. The number of benzene rings is 1. The minimum atomic E-state index is -0.481. The van der Waals surface area contributed by atoms with Gasteiger partial charge in [0.25, 0.3) is 5.56 Å². The molecule has 2 aromatic rings. The summed E-state index contributed by atoms with van der Waals surface area (Å²) in [6.07, 6.45) is 4.33. The summed E-state index contributed by atoms with van der Waals surface area (Å²) < 4.78 is 15.7. The van der Waals surface area contributed by atoms with Crippen LogP contribution in [0.4, 0.5) is 16.2 Å². The summed E-state index contributed by atoms with van der Waals surface area (Å²) in [6, 6.07) is 6.37. The second kappa shape index (κ2) is 6.88. The molecular formula is C21H28FN5O. The van der Waals surface area contributed by atoms with Crippen molar-refractivity contribution in [3.63, 3.8) is 0 Å². The van der Waals surface area contributed by atoms with E-state index in [1.54, 1.807) is 25.2 Å². The third-order valence-corrected chi connectivity index (χ3v) is 6.90. The molecule has 1 saturated heterocycles. The second-order valence-corrected chi connectivity index (χ2v) is 8.41. The minimum Gasteiger partial charge on any atom is -0.383 e. The molecule has 4 rings (SSSR count). The van der Waals surface area contributed by atoms with E-state index in [0.717, 1.165) is 25.9 Å². The van der Waals surface area contributed by atoms with Crippen molar-refractivity contribution >= 4 is 11.8 Å². The molecule has 2 fully saturated rings. The standard InChI is InChI=1S/C21H28FN5O/c1-13-7-8-21(17(13)23)9-11-27(12-10-21)20-25-18(24)16(19(28)26(20)2)14-5-3-4-6-15(14)22/h3-6,13,17H,7-12,23-24H2,1-2H3/t13-,17-/m1/s1. The van der Waals surface area contributed by atoms with Gasteiger partial charge >= 0.3 is 0 Å². The fourth-order valence-corrected chi connectivity index (χ4v) is 5.01. The van der Waals surface area contributed by atoms with Gasteiger partial charge in [-0.15, -0.1) is 0 Å². The Kier molecular flexibility index (Phi) is 4.65. The average Bonchev–Trinajstić information content (AvgIpc) is 2.96. The number of hydrogen-bond acceptors (Lipinski definition) is 5. The molecule has 6 nitrogen and oxygen atoms in total. The first-order chi connectivity index (χ1) is 13.3. The van der Waals surface area contributed by atoms with Gasteiger partial charge in [-0.05, 0) is 43.1 Å². The van der Waals surface area contributed by atoms with Gasteiger partial charge in [0.1, 0.15) is 11.6 Å². The second-order valence-electron chi connectivity index (χ2n) is 8.41. The van der Waals surface area contributed by atoms with E-state index in [1.807, 2.05) is 0 Å². The quantitative estimate of drug-likeness (QED) is 0.829. The van der Waals surface area contributed by atoms with Gasteiger partial charge in [0, 0.05) is 31.7 Å². The first-order valence-electron chi connectivity index (χ1n) is 9.96. The highest BCUT2D eigenvalue weighted by Crippen LogP contribution is 2.48. The van der Waals surface area contributed by atoms with Gasteiger partial charge in [0.05, 0.1) is 5.56 Å². The normalized spacial score (nSPS) is 24.1. The first-order valence-corrected chi connectivity index (χ1v) is 9.96. The zero-order chi connectivity index (χ0) is 20.1. The van der Waals surface area contributed by atoms with Crippen LogP contribution in [0.25, 0.3) is 11.1 Å². The van der Waals surface area contributed by atoms with Crippen molar-refractivity contribution in [2.75, 3.05) is 23.7 Å². The Morgan fingerprint density at radius 1 is 1.21 bits per heavy atom. The van der Waals surface area contributed by atoms with Gasteiger partial charge in [-0.3, -0.25) is 9.36 Å². The van der Waals surface area contributed by atoms with Crippen molar-refractivity contribution in [3.05, 3.63) is 40.4 Å². The van der Waals surface area contributed by atoms with Gasteiger partial charge in [0.15, 0.2) is 0 Å². The van der Waals surface area contributed by atoms with Crippen molar-refractivity contribution < 1.29 is 4.39 Å². The Balaban J connectivity index is 1.64. The molecule has 150 valence electrons. The van der Waals surface area contributed by atoms with E-state index >= 15 is 0 Å². The van der Waals surface area contributed by atoms with Crippen LogP contribution in [0.2, 0.25) is 0 Å². The predicted molar refractivity (Wildman–Crippen MR) is 110 cm³/mol.